The van der Waals surface area contributed by atoms with Gasteiger partial charge in [0.2, 0.25) is 10.0 Å². The molecule has 0 spiro atoms. The molecule has 150 valence electrons. The SMILES string of the molecule is CCS(=O)(=O)c1ccc(O)c(NC(=O)c2cccc(N3CCCS3(=O)=O)c2)c1. The fourth-order valence-electron chi connectivity index (χ4n) is 2.90. The van der Waals surface area contributed by atoms with E-state index < -0.39 is 25.8 Å². The Morgan fingerprint density at radius 2 is 1.96 bits per heavy atom. The number of hydrogen-bond acceptors (Lipinski definition) is 6. The zero-order valence-electron chi connectivity index (χ0n) is 15.1. The van der Waals surface area contributed by atoms with Gasteiger partial charge in [-0.25, -0.2) is 16.8 Å². The first-order chi connectivity index (χ1) is 13.1. The van der Waals surface area contributed by atoms with Crippen LogP contribution in [0.2, 0.25) is 0 Å². The van der Waals surface area contributed by atoms with Crippen molar-refractivity contribution in [3.05, 3.63) is 48.0 Å². The van der Waals surface area contributed by atoms with Crippen LogP contribution in [0.15, 0.2) is 47.4 Å². The van der Waals surface area contributed by atoms with E-state index in [2.05, 4.69) is 5.32 Å². The van der Waals surface area contributed by atoms with E-state index in [9.17, 15) is 26.7 Å². The molecule has 1 heterocycles. The van der Waals surface area contributed by atoms with E-state index in [0.29, 0.717) is 18.7 Å². The van der Waals surface area contributed by atoms with Crippen molar-refractivity contribution in [2.24, 2.45) is 0 Å². The van der Waals surface area contributed by atoms with E-state index >= 15 is 0 Å². The molecule has 1 aliphatic heterocycles. The third kappa shape index (κ3) is 3.97. The van der Waals surface area contributed by atoms with Crippen molar-refractivity contribution in [3.8, 4) is 5.75 Å². The van der Waals surface area contributed by atoms with Gasteiger partial charge in [0.25, 0.3) is 5.91 Å². The van der Waals surface area contributed by atoms with E-state index in [-0.39, 0.29) is 33.4 Å². The molecule has 0 aromatic heterocycles. The van der Waals surface area contributed by atoms with Crippen LogP contribution in [0.5, 0.6) is 5.75 Å². The van der Waals surface area contributed by atoms with E-state index in [0.717, 1.165) is 0 Å². The number of benzene rings is 2. The monoisotopic (exact) mass is 424 g/mol. The lowest BCUT2D eigenvalue weighted by Crippen LogP contribution is -2.25. The van der Waals surface area contributed by atoms with Crippen molar-refractivity contribution in [2.75, 3.05) is 27.7 Å². The summed E-state index contributed by atoms with van der Waals surface area (Å²) in [5, 5.41) is 12.4. The second-order valence-corrected chi connectivity index (χ2v) is 10.6. The lowest BCUT2D eigenvalue weighted by atomic mass is 10.1. The van der Waals surface area contributed by atoms with Crippen molar-refractivity contribution in [2.45, 2.75) is 18.2 Å². The average Bonchev–Trinajstić information content (AvgIpc) is 3.02. The number of rotatable bonds is 5. The normalized spacial score (nSPS) is 16.1. The van der Waals surface area contributed by atoms with Crippen LogP contribution in [0, 0.1) is 0 Å². The van der Waals surface area contributed by atoms with Gasteiger partial charge in [-0.3, -0.25) is 9.10 Å². The zero-order chi connectivity index (χ0) is 20.5. The minimum absolute atomic E-state index is 0.0139. The highest BCUT2D eigenvalue weighted by molar-refractivity contribution is 7.93. The molecule has 2 aromatic rings. The number of nitrogens with zero attached hydrogens (tertiary/aromatic N) is 1. The molecule has 2 N–H and O–H groups in total. The number of phenols is 1. The molecular formula is C18H20N2O6S2. The molecule has 28 heavy (non-hydrogen) atoms. The maximum absolute atomic E-state index is 12.6. The van der Waals surface area contributed by atoms with Gasteiger partial charge in [-0.1, -0.05) is 13.0 Å². The number of nitrogens with one attached hydrogen (secondary N) is 1. The Bertz CT molecular complexity index is 1130. The number of anilines is 2. The van der Waals surface area contributed by atoms with Crippen LogP contribution in [0.3, 0.4) is 0 Å². The van der Waals surface area contributed by atoms with Crippen LogP contribution >= 0.6 is 0 Å². The topological polar surface area (TPSA) is 121 Å². The largest absolute Gasteiger partial charge is 0.506 e. The predicted molar refractivity (Wildman–Crippen MR) is 106 cm³/mol. The van der Waals surface area contributed by atoms with Gasteiger partial charge >= 0.3 is 0 Å². The Hall–Kier alpha value is -2.59. The van der Waals surface area contributed by atoms with E-state index in [1.165, 1.54) is 41.6 Å². The highest BCUT2D eigenvalue weighted by Gasteiger charge is 2.28. The first-order valence-electron chi connectivity index (χ1n) is 8.61. The lowest BCUT2D eigenvalue weighted by molar-refractivity contribution is 0.102. The minimum atomic E-state index is -3.50. The van der Waals surface area contributed by atoms with Crippen LogP contribution in [-0.2, 0) is 19.9 Å². The molecule has 0 radical (unpaired) electrons. The minimum Gasteiger partial charge on any atom is -0.506 e. The number of phenolic OH excluding ortho intramolecular Hbond substituents is 1. The summed E-state index contributed by atoms with van der Waals surface area (Å²) in [7, 11) is -6.88. The number of carbonyl (C=O) groups excluding carboxylic acids is 1. The van der Waals surface area contributed by atoms with E-state index in [4.69, 9.17) is 0 Å². The molecule has 0 saturated carbocycles. The summed E-state index contributed by atoms with van der Waals surface area (Å²) in [6, 6.07) is 9.78. The number of sulfone groups is 1. The molecule has 1 aliphatic rings. The smallest absolute Gasteiger partial charge is 0.255 e. The van der Waals surface area contributed by atoms with Crippen LogP contribution < -0.4 is 9.62 Å². The van der Waals surface area contributed by atoms with E-state index in [1.54, 1.807) is 12.1 Å². The summed E-state index contributed by atoms with van der Waals surface area (Å²) in [6.45, 7) is 1.85. The van der Waals surface area contributed by atoms with E-state index in [1.807, 2.05) is 0 Å². The van der Waals surface area contributed by atoms with Crippen molar-refractivity contribution in [1.29, 1.82) is 0 Å². The third-order valence-corrected chi connectivity index (χ3v) is 8.05. The number of hydrogen-bond donors (Lipinski definition) is 2. The van der Waals surface area contributed by atoms with Crippen molar-refractivity contribution in [1.82, 2.24) is 0 Å². The Morgan fingerprint density at radius 1 is 1.21 bits per heavy atom. The molecule has 2 aromatic carbocycles. The summed E-state index contributed by atoms with van der Waals surface area (Å²) in [4.78, 5) is 12.6. The van der Waals surface area contributed by atoms with Crippen LogP contribution in [0.1, 0.15) is 23.7 Å². The molecule has 0 bridgehead atoms. The number of aromatic hydroxyl groups is 1. The second kappa shape index (κ2) is 7.44. The second-order valence-electron chi connectivity index (χ2n) is 6.33. The first-order valence-corrected chi connectivity index (χ1v) is 11.9. The summed E-state index contributed by atoms with van der Waals surface area (Å²) in [5.74, 6) is -0.922. The maximum Gasteiger partial charge on any atom is 0.255 e. The van der Waals surface area contributed by atoms with Crippen LogP contribution in [0.25, 0.3) is 0 Å². The Morgan fingerprint density at radius 3 is 2.61 bits per heavy atom. The highest BCUT2D eigenvalue weighted by atomic mass is 32.2. The summed E-state index contributed by atoms with van der Waals surface area (Å²) >= 11 is 0. The standard InChI is InChI=1S/C18H20N2O6S2/c1-2-27(23,24)15-7-8-17(21)16(12-15)19-18(22)13-5-3-6-14(11-13)20-9-4-10-28(20,25)26/h3,5-8,11-12,21H,2,4,9-10H2,1H3,(H,19,22). The van der Waals surface area contributed by atoms with Gasteiger partial charge in [0.15, 0.2) is 9.84 Å². The van der Waals surface area contributed by atoms with Gasteiger partial charge in [-0.15, -0.1) is 0 Å². The number of sulfonamides is 1. The molecule has 0 aliphatic carbocycles. The lowest BCUT2D eigenvalue weighted by Gasteiger charge is -2.17. The van der Waals surface area contributed by atoms with Gasteiger partial charge in [-0.2, -0.15) is 0 Å². The molecular weight excluding hydrogens is 404 g/mol. The first kappa shape index (κ1) is 20.2. The molecule has 0 unspecified atom stereocenters. The fourth-order valence-corrected chi connectivity index (χ4v) is 5.36. The molecule has 3 rings (SSSR count). The summed E-state index contributed by atoms with van der Waals surface area (Å²) in [6.07, 6.45) is 0.519. The molecule has 1 saturated heterocycles. The van der Waals surface area contributed by atoms with Crippen molar-refractivity contribution >= 4 is 37.1 Å². The molecule has 10 heteroatoms. The molecule has 1 amide bonds. The van der Waals surface area contributed by atoms with Gasteiger partial charge in [0.1, 0.15) is 5.75 Å². The van der Waals surface area contributed by atoms with Crippen molar-refractivity contribution < 1.29 is 26.7 Å². The molecule has 8 nitrogen and oxygen atoms in total. The summed E-state index contributed by atoms with van der Waals surface area (Å²) < 4.78 is 49.4. The molecule has 0 atom stereocenters. The quantitative estimate of drug-likeness (QED) is 0.708. The predicted octanol–water partition coefficient (Wildman–Crippen LogP) is 1.98. The Balaban J connectivity index is 1.88. The van der Waals surface area contributed by atoms with Gasteiger partial charge in [-0.05, 0) is 42.8 Å². The van der Waals surface area contributed by atoms with Crippen LogP contribution in [-0.4, -0.2) is 45.9 Å². The fraction of sp³-hybridized carbons (Fsp3) is 0.278. The maximum atomic E-state index is 12.6. The highest BCUT2D eigenvalue weighted by Crippen LogP contribution is 2.29. The Labute approximate surface area is 163 Å². The Kier molecular flexibility index (Phi) is 5.35. The van der Waals surface area contributed by atoms with Gasteiger partial charge < -0.3 is 10.4 Å². The molecule has 1 fully saturated rings. The number of carbonyl (C=O) groups is 1. The van der Waals surface area contributed by atoms with Crippen molar-refractivity contribution in [3.63, 3.8) is 0 Å². The third-order valence-electron chi connectivity index (χ3n) is 4.45. The van der Waals surface area contributed by atoms with Gasteiger partial charge in [0.05, 0.1) is 27.8 Å². The van der Waals surface area contributed by atoms with Gasteiger partial charge in [0, 0.05) is 12.1 Å². The van der Waals surface area contributed by atoms with Crippen LogP contribution in [0.4, 0.5) is 11.4 Å². The average molecular weight is 425 g/mol. The number of amides is 1. The summed E-state index contributed by atoms with van der Waals surface area (Å²) in [5.41, 5.74) is 0.526. The zero-order valence-corrected chi connectivity index (χ0v) is 16.8.